The molecule has 2 aromatic carbocycles. The van der Waals surface area contributed by atoms with Crippen LogP contribution >= 0.6 is 0 Å². The molecule has 0 saturated carbocycles. The fraction of sp³-hybridized carbons (Fsp3) is 0.167. The van der Waals surface area contributed by atoms with Gasteiger partial charge in [0.05, 0.1) is 0 Å². The molecule has 0 aliphatic carbocycles. The minimum Gasteiger partial charge on any atom is -0.398 e. The molecule has 0 heterocycles. The van der Waals surface area contributed by atoms with Crippen molar-refractivity contribution in [2.75, 3.05) is 5.73 Å². The normalized spacial score (nSPS) is 10.9. The number of nitrogen functional groups attached to an aromatic ring is 1. The van der Waals surface area contributed by atoms with Gasteiger partial charge in [0.15, 0.2) is 11.6 Å². The maximum absolute atomic E-state index is 13.5. The minimum absolute atomic E-state index is 0.270. The Morgan fingerprint density at radius 2 is 1.60 bits per heavy atom. The molecule has 3 heteroatoms. The highest BCUT2D eigenvalue weighted by Crippen LogP contribution is 2.31. The maximum atomic E-state index is 13.5. The number of halogens is 2. The first kappa shape index (κ1) is 9.90. The minimum atomic E-state index is -0.807. The van der Waals surface area contributed by atoms with Gasteiger partial charge >= 0.3 is 0 Å². The largest absolute Gasteiger partial charge is 0.398 e. The van der Waals surface area contributed by atoms with E-state index in [1.165, 1.54) is 6.92 Å². The summed E-state index contributed by atoms with van der Waals surface area (Å²) in [5.74, 6) is -1.59. The highest BCUT2D eigenvalue weighted by Gasteiger charge is 2.15. The third-order valence-electron chi connectivity index (χ3n) is 2.73. The average Bonchev–Trinajstić information content (AvgIpc) is 2.23. The molecular weight excluding hydrogens is 196 g/mol. The molecule has 0 aromatic heterocycles. The Bertz CT molecular complexity index is 547. The second-order valence-electron chi connectivity index (χ2n) is 3.65. The van der Waals surface area contributed by atoms with Gasteiger partial charge in [-0.15, -0.1) is 0 Å². The molecule has 2 aromatic rings. The van der Waals surface area contributed by atoms with E-state index in [0.717, 1.165) is 0 Å². The Hall–Kier alpha value is -1.64. The zero-order chi connectivity index (χ0) is 11.2. The Kier molecular flexibility index (Phi) is 2.11. The van der Waals surface area contributed by atoms with E-state index >= 15 is 0 Å². The molecule has 0 aliphatic rings. The molecule has 1 nitrogen and oxygen atoms in total. The molecule has 15 heavy (non-hydrogen) atoms. The third kappa shape index (κ3) is 1.27. The van der Waals surface area contributed by atoms with E-state index in [1.54, 1.807) is 25.1 Å². The summed E-state index contributed by atoms with van der Waals surface area (Å²) < 4.78 is 26.9. The van der Waals surface area contributed by atoms with Gasteiger partial charge in [-0.1, -0.05) is 12.1 Å². The second kappa shape index (κ2) is 3.19. The van der Waals surface area contributed by atoms with Crippen molar-refractivity contribution >= 4 is 16.5 Å². The van der Waals surface area contributed by atoms with Crippen molar-refractivity contribution in [2.45, 2.75) is 13.8 Å². The number of anilines is 1. The average molecular weight is 207 g/mol. The van der Waals surface area contributed by atoms with Crippen molar-refractivity contribution in [3.8, 4) is 0 Å². The van der Waals surface area contributed by atoms with Crippen LogP contribution in [0.25, 0.3) is 10.8 Å². The molecular formula is C12H11F2N. The smallest absolute Gasteiger partial charge is 0.162 e. The van der Waals surface area contributed by atoms with Gasteiger partial charge in [-0.3, -0.25) is 0 Å². The van der Waals surface area contributed by atoms with Gasteiger partial charge in [-0.25, -0.2) is 8.78 Å². The molecule has 0 atom stereocenters. The van der Waals surface area contributed by atoms with Gasteiger partial charge in [0, 0.05) is 11.1 Å². The molecule has 0 bridgehead atoms. The molecule has 0 fully saturated rings. The Morgan fingerprint density at radius 1 is 1.00 bits per heavy atom. The molecule has 0 radical (unpaired) electrons. The van der Waals surface area contributed by atoms with E-state index in [9.17, 15) is 8.78 Å². The maximum Gasteiger partial charge on any atom is 0.162 e. The van der Waals surface area contributed by atoms with Crippen LogP contribution in [0.5, 0.6) is 0 Å². The summed E-state index contributed by atoms with van der Waals surface area (Å²) in [5, 5.41) is 1.28. The lowest BCUT2D eigenvalue weighted by Crippen LogP contribution is -1.98. The van der Waals surface area contributed by atoms with Gasteiger partial charge < -0.3 is 5.73 Å². The summed E-state index contributed by atoms with van der Waals surface area (Å²) in [4.78, 5) is 0. The molecule has 0 unspecified atom stereocenters. The van der Waals surface area contributed by atoms with E-state index in [4.69, 9.17) is 5.73 Å². The van der Waals surface area contributed by atoms with Gasteiger partial charge in [-0.05, 0) is 36.4 Å². The van der Waals surface area contributed by atoms with Gasteiger partial charge in [0.2, 0.25) is 0 Å². The van der Waals surface area contributed by atoms with Crippen LogP contribution in [0.1, 0.15) is 11.1 Å². The fourth-order valence-electron chi connectivity index (χ4n) is 1.86. The van der Waals surface area contributed by atoms with Gasteiger partial charge in [0.25, 0.3) is 0 Å². The zero-order valence-corrected chi connectivity index (χ0v) is 8.57. The quantitative estimate of drug-likeness (QED) is 0.659. The molecule has 2 N–H and O–H groups in total. The summed E-state index contributed by atoms with van der Waals surface area (Å²) in [6.45, 7) is 3.09. The van der Waals surface area contributed by atoms with Crippen LogP contribution in [-0.2, 0) is 0 Å². The SMILES string of the molecule is Cc1c(F)c(F)c(C)c2c(N)cccc12. The van der Waals surface area contributed by atoms with E-state index < -0.39 is 11.6 Å². The van der Waals surface area contributed by atoms with Gasteiger partial charge in [0.1, 0.15) is 0 Å². The van der Waals surface area contributed by atoms with Crippen LogP contribution < -0.4 is 5.73 Å². The highest BCUT2D eigenvalue weighted by molar-refractivity contribution is 5.97. The number of fused-ring (bicyclic) bond motifs is 1. The van der Waals surface area contributed by atoms with Crippen molar-refractivity contribution in [1.82, 2.24) is 0 Å². The monoisotopic (exact) mass is 207 g/mol. The lowest BCUT2D eigenvalue weighted by atomic mass is 9.98. The van der Waals surface area contributed by atoms with E-state index in [1.807, 2.05) is 0 Å². The molecule has 2 rings (SSSR count). The first-order valence-corrected chi connectivity index (χ1v) is 4.66. The molecule has 0 amide bonds. The topological polar surface area (TPSA) is 26.0 Å². The third-order valence-corrected chi connectivity index (χ3v) is 2.73. The van der Waals surface area contributed by atoms with Crippen LogP contribution in [0, 0.1) is 25.5 Å². The predicted octanol–water partition coefficient (Wildman–Crippen LogP) is 3.32. The van der Waals surface area contributed by atoms with Crippen LogP contribution in [0.4, 0.5) is 14.5 Å². The molecule has 0 aliphatic heterocycles. The number of hydrogen-bond donors (Lipinski definition) is 1. The molecule has 0 saturated heterocycles. The van der Waals surface area contributed by atoms with Crippen molar-refractivity contribution in [3.63, 3.8) is 0 Å². The van der Waals surface area contributed by atoms with Crippen molar-refractivity contribution in [3.05, 3.63) is 41.0 Å². The standard InChI is InChI=1S/C12H11F2N/c1-6-8-4-3-5-9(15)10(8)7(2)12(14)11(6)13/h3-5H,15H2,1-2H3. The van der Waals surface area contributed by atoms with E-state index in [-0.39, 0.29) is 5.56 Å². The Balaban J connectivity index is 3.08. The van der Waals surface area contributed by atoms with Crippen LogP contribution in [0.15, 0.2) is 18.2 Å². The number of nitrogens with two attached hydrogens (primary N) is 1. The Morgan fingerprint density at radius 3 is 2.27 bits per heavy atom. The summed E-state index contributed by atoms with van der Waals surface area (Å²) in [7, 11) is 0. The summed E-state index contributed by atoms with van der Waals surface area (Å²) in [6, 6.07) is 5.17. The van der Waals surface area contributed by atoms with E-state index in [2.05, 4.69) is 0 Å². The number of aryl methyl sites for hydroxylation is 2. The van der Waals surface area contributed by atoms with Crippen molar-refractivity contribution in [1.29, 1.82) is 0 Å². The number of hydrogen-bond acceptors (Lipinski definition) is 1. The predicted molar refractivity (Wildman–Crippen MR) is 57.8 cm³/mol. The van der Waals surface area contributed by atoms with Crippen molar-refractivity contribution in [2.24, 2.45) is 0 Å². The Labute approximate surface area is 86.5 Å². The summed E-state index contributed by atoms with van der Waals surface area (Å²) in [6.07, 6.45) is 0. The first-order valence-electron chi connectivity index (χ1n) is 4.66. The highest BCUT2D eigenvalue weighted by atomic mass is 19.2. The summed E-state index contributed by atoms with van der Waals surface area (Å²) in [5.41, 5.74) is 6.81. The van der Waals surface area contributed by atoms with Crippen LogP contribution in [-0.4, -0.2) is 0 Å². The molecule has 0 spiro atoms. The van der Waals surface area contributed by atoms with Crippen LogP contribution in [0.2, 0.25) is 0 Å². The lowest BCUT2D eigenvalue weighted by molar-refractivity contribution is 0.501. The van der Waals surface area contributed by atoms with Gasteiger partial charge in [-0.2, -0.15) is 0 Å². The summed E-state index contributed by atoms with van der Waals surface area (Å²) >= 11 is 0. The fourth-order valence-corrected chi connectivity index (χ4v) is 1.86. The first-order chi connectivity index (χ1) is 7.04. The number of rotatable bonds is 0. The van der Waals surface area contributed by atoms with Crippen molar-refractivity contribution < 1.29 is 8.78 Å². The lowest BCUT2D eigenvalue weighted by Gasteiger charge is -2.10. The molecule has 78 valence electrons. The zero-order valence-electron chi connectivity index (χ0n) is 8.57. The second-order valence-corrected chi connectivity index (χ2v) is 3.65. The van der Waals surface area contributed by atoms with Crippen LogP contribution in [0.3, 0.4) is 0 Å². The number of benzene rings is 2. The van der Waals surface area contributed by atoms with E-state index in [0.29, 0.717) is 22.0 Å².